The zero-order chi connectivity index (χ0) is 31.7. The summed E-state index contributed by atoms with van der Waals surface area (Å²) >= 11 is 0. The van der Waals surface area contributed by atoms with Gasteiger partial charge in [-0.1, -0.05) is 43.5 Å². The molecule has 0 N–H and O–H groups in total. The van der Waals surface area contributed by atoms with Crippen LogP contribution in [0.3, 0.4) is 0 Å². The number of carbonyl (C=O) groups is 2. The fourth-order valence-corrected chi connectivity index (χ4v) is 6.19. The first-order chi connectivity index (χ1) is 20.4. The third-order valence-electron chi connectivity index (χ3n) is 7.58. The molecule has 2 aromatic rings. The van der Waals surface area contributed by atoms with Crippen LogP contribution in [0, 0.1) is 37.5 Å². The predicted octanol–water partition coefficient (Wildman–Crippen LogP) is 8.03. The first-order valence-electron chi connectivity index (χ1n) is 15.3. The van der Waals surface area contributed by atoms with E-state index < -0.39 is 26.6 Å². The van der Waals surface area contributed by atoms with Crippen molar-refractivity contribution in [2.75, 3.05) is 0 Å². The van der Waals surface area contributed by atoms with Gasteiger partial charge in [-0.25, -0.2) is 0 Å². The summed E-state index contributed by atoms with van der Waals surface area (Å²) in [4.78, 5) is 27.4. The van der Waals surface area contributed by atoms with Gasteiger partial charge in [0.05, 0.1) is 24.0 Å². The average Bonchev–Trinajstić information content (AvgIpc) is 3.31. The molecule has 0 aromatic heterocycles. The average molecular weight is 606 g/mol. The van der Waals surface area contributed by atoms with E-state index in [0.29, 0.717) is 6.42 Å². The summed E-state index contributed by atoms with van der Waals surface area (Å²) in [6.07, 6.45) is 6.84. The molecule has 3 rings (SSSR count). The van der Waals surface area contributed by atoms with Crippen molar-refractivity contribution in [3.63, 3.8) is 0 Å². The molecule has 4 atom stereocenters. The van der Waals surface area contributed by atoms with Crippen LogP contribution < -0.4 is 9.47 Å². The Balaban J connectivity index is 1.78. The lowest BCUT2D eigenvalue weighted by atomic mass is 9.86. The number of ether oxygens (including phenoxy) is 4. The van der Waals surface area contributed by atoms with Crippen molar-refractivity contribution >= 4 is 20.7 Å². The molecule has 0 saturated heterocycles. The molecule has 1 radical (unpaired) electrons. The maximum atomic E-state index is 13.7. The fourth-order valence-electron chi connectivity index (χ4n) is 5.58. The van der Waals surface area contributed by atoms with Crippen molar-refractivity contribution in [1.82, 2.24) is 0 Å². The Morgan fingerprint density at radius 3 is 1.70 bits per heavy atom. The maximum Gasteiger partial charge on any atom is 0.310 e. The third-order valence-corrected chi connectivity index (χ3v) is 8.63. The van der Waals surface area contributed by atoms with Crippen LogP contribution in [0.15, 0.2) is 61.2 Å². The summed E-state index contributed by atoms with van der Waals surface area (Å²) in [6.45, 7) is 20.7. The predicted molar refractivity (Wildman–Crippen MR) is 174 cm³/mol. The Bertz CT molecular complexity index is 1280. The lowest BCUT2D eigenvalue weighted by Gasteiger charge is -2.23. The molecule has 43 heavy (non-hydrogen) atoms. The molecule has 0 unspecified atom stereocenters. The van der Waals surface area contributed by atoms with Crippen molar-refractivity contribution in [2.24, 2.45) is 23.7 Å². The van der Waals surface area contributed by atoms with Gasteiger partial charge in [0, 0.05) is 8.80 Å². The largest absolute Gasteiger partial charge is 0.491 e. The van der Waals surface area contributed by atoms with Crippen LogP contribution >= 0.6 is 0 Å². The van der Waals surface area contributed by atoms with E-state index in [2.05, 4.69) is 31.8 Å². The minimum atomic E-state index is -0.666. The summed E-state index contributed by atoms with van der Waals surface area (Å²) in [5.74, 6) is -0.794. The maximum absolute atomic E-state index is 13.7. The van der Waals surface area contributed by atoms with E-state index in [-0.39, 0.29) is 43.2 Å². The van der Waals surface area contributed by atoms with Gasteiger partial charge in [0.2, 0.25) is 0 Å². The van der Waals surface area contributed by atoms with Gasteiger partial charge in [-0.15, -0.1) is 6.58 Å². The Labute approximate surface area is 260 Å². The first-order valence-corrected chi connectivity index (χ1v) is 18.0. The van der Waals surface area contributed by atoms with E-state index in [1.54, 1.807) is 6.08 Å². The van der Waals surface area contributed by atoms with E-state index in [1.165, 1.54) is 0 Å². The zero-order valence-electron chi connectivity index (χ0n) is 27.1. The SMILES string of the molecule is C=C[C@@H]1C[C@H](/C=C/C[Si](C)C)[C@H](C(=O)OCc2ccc(OC(C)C)c(C)c2)[C@@H]1C(=O)OCc1ccc(OC(C)C)c(C)c1. The van der Waals surface area contributed by atoms with E-state index in [9.17, 15) is 9.59 Å². The molecule has 0 spiro atoms. The highest BCUT2D eigenvalue weighted by molar-refractivity contribution is 6.56. The number of benzene rings is 2. The molecule has 0 amide bonds. The van der Waals surface area contributed by atoms with Gasteiger partial charge >= 0.3 is 11.9 Å². The quantitative estimate of drug-likeness (QED) is 0.123. The molecule has 1 saturated carbocycles. The van der Waals surface area contributed by atoms with Gasteiger partial charge in [-0.3, -0.25) is 9.59 Å². The second-order valence-corrected chi connectivity index (χ2v) is 15.3. The van der Waals surface area contributed by atoms with Crippen LogP contribution in [0.1, 0.15) is 56.4 Å². The summed E-state index contributed by atoms with van der Waals surface area (Å²) < 4.78 is 23.4. The molecular weight excluding hydrogens is 556 g/mol. The molecule has 6 nitrogen and oxygen atoms in total. The van der Waals surface area contributed by atoms with Crippen molar-refractivity contribution in [3.05, 3.63) is 83.5 Å². The lowest BCUT2D eigenvalue weighted by molar-refractivity contribution is -0.162. The zero-order valence-corrected chi connectivity index (χ0v) is 28.1. The van der Waals surface area contributed by atoms with Crippen LogP contribution in [0.5, 0.6) is 11.5 Å². The minimum Gasteiger partial charge on any atom is -0.491 e. The fraction of sp³-hybridized carbons (Fsp3) is 0.500. The molecule has 0 aliphatic heterocycles. The third kappa shape index (κ3) is 9.85. The number of hydrogen-bond acceptors (Lipinski definition) is 6. The van der Waals surface area contributed by atoms with Crippen molar-refractivity contribution in [1.29, 1.82) is 0 Å². The molecule has 2 aromatic carbocycles. The van der Waals surface area contributed by atoms with Crippen LogP contribution in [0.25, 0.3) is 0 Å². The standard InChI is InChI=1S/C36H49O6Si/c1-10-29-20-30(12-11-17-43(8)9)34(36(38)40-22-28-14-16-32(26(7)19-28)42-24(4)5)33(29)35(37)39-21-27-13-15-31(25(6)18-27)41-23(2)3/h10-16,18-19,23-24,29-30,33-34H,1,17,20-22H2,2-9H3/b12-11+/t29-,30+,33-,34+/m1/s1. The molecule has 1 fully saturated rings. The summed E-state index contributed by atoms with van der Waals surface area (Å²) in [5.41, 5.74) is 3.70. The molecular formula is C36H49O6Si. The van der Waals surface area contributed by atoms with Crippen LogP contribution in [-0.4, -0.2) is 32.9 Å². The smallest absolute Gasteiger partial charge is 0.310 e. The van der Waals surface area contributed by atoms with E-state index in [1.807, 2.05) is 77.9 Å². The molecule has 0 bridgehead atoms. The lowest BCUT2D eigenvalue weighted by Crippen LogP contribution is -2.33. The van der Waals surface area contributed by atoms with Crippen LogP contribution in [-0.2, 0) is 32.3 Å². The van der Waals surface area contributed by atoms with Crippen LogP contribution in [0.2, 0.25) is 19.1 Å². The Hall–Kier alpha value is -3.32. The second-order valence-electron chi connectivity index (χ2n) is 12.4. The highest BCUT2D eigenvalue weighted by Crippen LogP contribution is 2.45. The van der Waals surface area contributed by atoms with Crippen LogP contribution in [0.4, 0.5) is 0 Å². The first kappa shape index (κ1) is 34.2. The monoisotopic (exact) mass is 605 g/mol. The number of rotatable bonds is 14. The number of carbonyl (C=O) groups excluding carboxylic acids is 2. The molecule has 1 aliphatic carbocycles. The normalized spacial score (nSPS) is 20.2. The van der Waals surface area contributed by atoms with E-state index >= 15 is 0 Å². The van der Waals surface area contributed by atoms with Gasteiger partial charge in [0.15, 0.2) is 0 Å². The van der Waals surface area contributed by atoms with Gasteiger partial charge in [-0.05, 0) is 112 Å². The highest BCUT2D eigenvalue weighted by atomic mass is 28.3. The van der Waals surface area contributed by atoms with Gasteiger partial charge in [-0.2, -0.15) is 0 Å². The van der Waals surface area contributed by atoms with Crippen molar-refractivity contribution in [2.45, 2.75) is 92.5 Å². The number of hydrogen-bond donors (Lipinski definition) is 0. The molecule has 7 heteroatoms. The summed E-state index contributed by atoms with van der Waals surface area (Å²) in [5, 5.41) is 0. The number of aryl methyl sites for hydroxylation is 2. The number of allylic oxidation sites excluding steroid dienone is 3. The van der Waals surface area contributed by atoms with Gasteiger partial charge in [0.25, 0.3) is 0 Å². The number of esters is 2. The summed E-state index contributed by atoms with van der Waals surface area (Å²) in [6, 6.07) is 12.6. The summed E-state index contributed by atoms with van der Waals surface area (Å²) in [7, 11) is -0.458. The minimum absolute atomic E-state index is 0.0730. The van der Waals surface area contributed by atoms with E-state index in [0.717, 1.165) is 39.8 Å². The highest BCUT2D eigenvalue weighted by Gasteiger charge is 2.50. The van der Waals surface area contributed by atoms with Gasteiger partial charge < -0.3 is 18.9 Å². The topological polar surface area (TPSA) is 71.1 Å². The van der Waals surface area contributed by atoms with Crippen molar-refractivity contribution in [3.8, 4) is 11.5 Å². The van der Waals surface area contributed by atoms with Crippen molar-refractivity contribution < 1.29 is 28.5 Å². The molecule has 1 aliphatic rings. The van der Waals surface area contributed by atoms with Gasteiger partial charge in [0.1, 0.15) is 24.7 Å². The molecule has 233 valence electrons. The molecule has 0 heterocycles. The second kappa shape index (κ2) is 15.9. The Morgan fingerprint density at radius 2 is 1.30 bits per heavy atom. The Kier molecular flexibility index (Phi) is 12.7. The Morgan fingerprint density at radius 1 is 0.837 bits per heavy atom. The van der Waals surface area contributed by atoms with E-state index in [4.69, 9.17) is 18.9 Å².